The van der Waals surface area contributed by atoms with Gasteiger partial charge >= 0.3 is 0 Å². The summed E-state index contributed by atoms with van der Waals surface area (Å²) >= 11 is 0. The van der Waals surface area contributed by atoms with E-state index < -0.39 is 0 Å². The summed E-state index contributed by atoms with van der Waals surface area (Å²) in [7, 11) is 0. The zero-order valence-electron chi connectivity index (χ0n) is 17.6. The molecule has 8 heteroatoms. The molecule has 1 saturated heterocycles. The molecule has 0 bridgehead atoms. The Morgan fingerprint density at radius 3 is 2.13 bits per heavy atom. The van der Waals surface area contributed by atoms with Gasteiger partial charge in [-0.2, -0.15) is 0 Å². The molecular formula is C23H27N3O5. The molecule has 8 nitrogen and oxygen atoms in total. The summed E-state index contributed by atoms with van der Waals surface area (Å²) in [5.41, 5.74) is 2.21. The predicted octanol–water partition coefficient (Wildman–Crippen LogP) is 1.97. The summed E-state index contributed by atoms with van der Waals surface area (Å²) in [5, 5.41) is 3.05. The van der Waals surface area contributed by atoms with Crippen LogP contribution in [-0.2, 0) is 17.9 Å². The molecule has 1 unspecified atom stereocenters. The van der Waals surface area contributed by atoms with Crippen LogP contribution in [0.25, 0.3) is 0 Å². The lowest BCUT2D eigenvalue weighted by molar-refractivity contribution is -0.126. The normalized spacial score (nSPS) is 18.7. The number of rotatable bonds is 6. The van der Waals surface area contributed by atoms with Crippen LogP contribution < -0.4 is 24.3 Å². The maximum atomic E-state index is 12.7. The van der Waals surface area contributed by atoms with Crippen LogP contribution in [0.4, 0.5) is 0 Å². The number of hydrogen-bond acceptors (Lipinski definition) is 7. The van der Waals surface area contributed by atoms with Crippen LogP contribution in [0.1, 0.15) is 18.1 Å². The molecule has 31 heavy (non-hydrogen) atoms. The Morgan fingerprint density at radius 1 is 0.871 bits per heavy atom. The maximum Gasteiger partial charge on any atom is 0.237 e. The lowest BCUT2D eigenvalue weighted by Gasteiger charge is -2.37. The molecule has 0 aromatic heterocycles. The summed E-state index contributed by atoms with van der Waals surface area (Å²) in [4.78, 5) is 17.3. The van der Waals surface area contributed by atoms with E-state index in [0.29, 0.717) is 13.3 Å². The fourth-order valence-corrected chi connectivity index (χ4v) is 4.16. The minimum absolute atomic E-state index is 0.0434. The van der Waals surface area contributed by atoms with Crippen LogP contribution in [0.15, 0.2) is 36.4 Å². The van der Waals surface area contributed by atoms with Crippen LogP contribution in [-0.4, -0.2) is 61.5 Å². The van der Waals surface area contributed by atoms with E-state index in [-0.39, 0.29) is 18.7 Å². The molecule has 0 radical (unpaired) electrons. The van der Waals surface area contributed by atoms with Gasteiger partial charge in [0, 0.05) is 39.3 Å². The van der Waals surface area contributed by atoms with Crippen molar-refractivity contribution in [1.29, 1.82) is 0 Å². The molecule has 3 aliphatic heterocycles. The van der Waals surface area contributed by atoms with E-state index in [1.165, 1.54) is 5.56 Å². The number of piperazine rings is 1. The number of nitrogens with one attached hydrogen (secondary N) is 1. The van der Waals surface area contributed by atoms with Crippen molar-refractivity contribution in [2.75, 3.05) is 39.8 Å². The highest BCUT2D eigenvalue weighted by atomic mass is 16.7. The summed E-state index contributed by atoms with van der Waals surface area (Å²) in [6.07, 6.45) is 0. The molecular weight excluding hydrogens is 398 g/mol. The van der Waals surface area contributed by atoms with Crippen molar-refractivity contribution in [2.24, 2.45) is 0 Å². The van der Waals surface area contributed by atoms with E-state index in [0.717, 1.165) is 61.3 Å². The van der Waals surface area contributed by atoms with Crippen molar-refractivity contribution in [3.8, 4) is 23.0 Å². The zero-order valence-corrected chi connectivity index (χ0v) is 17.6. The highest BCUT2D eigenvalue weighted by Crippen LogP contribution is 2.33. The molecule has 1 fully saturated rings. The molecule has 1 N–H and O–H groups in total. The molecule has 0 spiro atoms. The fraction of sp³-hybridized carbons (Fsp3) is 0.435. The highest BCUT2D eigenvalue weighted by molar-refractivity contribution is 5.81. The molecule has 0 saturated carbocycles. The molecule has 164 valence electrons. The third kappa shape index (κ3) is 4.40. The van der Waals surface area contributed by atoms with Gasteiger partial charge in [0.15, 0.2) is 23.0 Å². The number of ether oxygens (including phenoxy) is 4. The topological polar surface area (TPSA) is 72.5 Å². The van der Waals surface area contributed by atoms with Crippen molar-refractivity contribution in [3.63, 3.8) is 0 Å². The van der Waals surface area contributed by atoms with E-state index in [9.17, 15) is 4.79 Å². The van der Waals surface area contributed by atoms with Crippen molar-refractivity contribution in [3.05, 3.63) is 47.5 Å². The number of amides is 1. The first kappa shape index (κ1) is 20.0. The van der Waals surface area contributed by atoms with Crippen molar-refractivity contribution >= 4 is 5.91 Å². The van der Waals surface area contributed by atoms with Gasteiger partial charge in [-0.3, -0.25) is 14.6 Å². The second kappa shape index (κ2) is 8.64. The quantitative estimate of drug-likeness (QED) is 0.759. The standard InChI is InChI=1S/C23H27N3O5/c1-16(23(27)24-12-17-2-4-19-21(10-17)30-14-28-19)26-8-6-25(7-9-26)13-18-3-5-20-22(11-18)31-15-29-20/h2-5,10-11,16H,6-9,12-15H2,1H3,(H,24,27). The van der Waals surface area contributed by atoms with Gasteiger partial charge in [0.1, 0.15) is 0 Å². The fourth-order valence-electron chi connectivity index (χ4n) is 4.16. The number of nitrogens with zero attached hydrogens (tertiary/aromatic N) is 2. The lowest BCUT2D eigenvalue weighted by atomic mass is 10.1. The first-order valence-corrected chi connectivity index (χ1v) is 10.7. The van der Waals surface area contributed by atoms with Gasteiger partial charge < -0.3 is 24.3 Å². The van der Waals surface area contributed by atoms with Gasteiger partial charge in [0.25, 0.3) is 0 Å². The van der Waals surface area contributed by atoms with E-state index >= 15 is 0 Å². The molecule has 2 aromatic carbocycles. The number of benzene rings is 2. The predicted molar refractivity (Wildman–Crippen MR) is 113 cm³/mol. The molecule has 1 amide bonds. The SMILES string of the molecule is CC(C(=O)NCc1ccc2c(c1)OCO2)N1CCN(Cc2ccc3c(c2)OCO3)CC1. The van der Waals surface area contributed by atoms with Gasteiger partial charge in [-0.15, -0.1) is 0 Å². The molecule has 0 aliphatic carbocycles. The number of fused-ring (bicyclic) bond motifs is 2. The number of carbonyl (C=O) groups is 1. The van der Waals surface area contributed by atoms with Gasteiger partial charge in [0.05, 0.1) is 6.04 Å². The van der Waals surface area contributed by atoms with E-state index in [4.69, 9.17) is 18.9 Å². The van der Waals surface area contributed by atoms with Crippen LogP contribution in [0.3, 0.4) is 0 Å². The molecule has 1 atom stereocenters. The third-order valence-electron chi connectivity index (χ3n) is 6.08. The summed E-state index contributed by atoms with van der Waals surface area (Å²) < 4.78 is 21.6. The van der Waals surface area contributed by atoms with Crippen LogP contribution in [0, 0.1) is 0 Å². The Bertz CT molecular complexity index is 958. The van der Waals surface area contributed by atoms with Gasteiger partial charge in [-0.05, 0) is 42.3 Å². The van der Waals surface area contributed by atoms with Gasteiger partial charge in [-0.25, -0.2) is 0 Å². The van der Waals surface area contributed by atoms with Crippen molar-refractivity contribution < 1.29 is 23.7 Å². The van der Waals surface area contributed by atoms with E-state index in [2.05, 4.69) is 27.2 Å². The van der Waals surface area contributed by atoms with Crippen molar-refractivity contribution in [1.82, 2.24) is 15.1 Å². The molecule has 5 rings (SSSR count). The Morgan fingerprint density at radius 2 is 1.45 bits per heavy atom. The average Bonchev–Trinajstić information content (AvgIpc) is 3.46. The minimum atomic E-state index is -0.165. The first-order chi connectivity index (χ1) is 15.2. The lowest BCUT2D eigenvalue weighted by Crippen LogP contribution is -2.53. The van der Waals surface area contributed by atoms with Crippen LogP contribution in [0.5, 0.6) is 23.0 Å². The van der Waals surface area contributed by atoms with E-state index in [1.807, 2.05) is 31.2 Å². The van der Waals surface area contributed by atoms with Crippen LogP contribution in [0.2, 0.25) is 0 Å². The average molecular weight is 425 g/mol. The molecule has 3 heterocycles. The zero-order chi connectivity index (χ0) is 21.2. The largest absolute Gasteiger partial charge is 0.454 e. The first-order valence-electron chi connectivity index (χ1n) is 10.7. The van der Waals surface area contributed by atoms with Gasteiger partial charge in [-0.1, -0.05) is 12.1 Å². The number of carbonyl (C=O) groups excluding carboxylic acids is 1. The second-order valence-corrected chi connectivity index (χ2v) is 8.08. The monoisotopic (exact) mass is 425 g/mol. The number of hydrogen-bond donors (Lipinski definition) is 1. The van der Waals surface area contributed by atoms with E-state index in [1.54, 1.807) is 0 Å². The van der Waals surface area contributed by atoms with Crippen LogP contribution >= 0.6 is 0 Å². The maximum absolute atomic E-state index is 12.7. The minimum Gasteiger partial charge on any atom is -0.454 e. The Kier molecular flexibility index (Phi) is 5.57. The molecule has 3 aliphatic rings. The summed E-state index contributed by atoms with van der Waals surface area (Å²) in [5.74, 6) is 3.17. The van der Waals surface area contributed by atoms with Gasteiger partial charge in [0.2, 0.25) is 19.5 Å². The third-order valence-corrected chi connectivity index (χ3v) is 6.08. The highest BCUT2D eigenvalue weighted by Gasteiger charge is 2.26. The van der Waals surface area contributed by atoms with Crippen molar-refractivity contribution in [2.45, 2.75) is 26.1 Å². The smallest absolute Gasteiger partial charge is 0.237 e. The summed E-state index contributed by atoms with van der Waals surface area (Å²) in [6.45, 7) is 7.45. The second-order valence-electron chi connectivity index (χ2n) is 8.08. The molecule has 2 aromatic rings. The summed E-state index contributed by atoms with van der Waals surface area (Å²) in [6, 6.07) is 11.7. The Labute approximate surface area is 181 Å². The Hall–Kier alpha value is -2.97. The Balaban J connectivity index is 1.08.